The highest BCUT2D eigenvalue weighted by atomic mass is 19.1. The van der Waals surface area contributed by atoms with Crippen molar-refractivity contribution >= 4 is 0 Å². The van der Waals surface area contributed by atoms with Crippen LogP contribution in [0.25, 0.3) is 0 Å². The van der Waals surface area contributed by atoms with E-state index in [1.54, 1.807) is 6.07 Å². The minimum atomic E-state index is -0.781. The molecule has 3 atom stereocenters. The van der Waals surface area contributed by atoms with Gasteiger partial charge in [-0.2, -0.15) is 4.39 Å². The number of likely N-dealkylation sites (tertiary alicyclic amines) is 1. The topological polar surface area (TPSA) is 45.6 Å². The fourth-order valence-corrected chi connectivity index (χ4v) is 4.95. The zero-order valence-electron chi connectivity index (χ0n) is 15.8. The number of benzene rings is 1. The van der Waals surface area contributed by atoms with Crippen molar-refractivity contribution in [1.82, 2.24) is 9.88 Å². The summed E-state index contributed by atoms with van der Waals surface area (Å²) < 4.78 is 19.4. The number of aromatic nitrogens is 1. The van der Waals surface area contributed by atoms with Crippen molar-refractivity contribution in [2.45, 2.75) is 31.3 Å². The standard InChI is InChI=1S/C22H27FN2O2/c1-27-22(11-16-5-3-2-4-6-16)12-17-14-25(15-18(17)13-22)10-9-19-7-8-20(26)21(23)24-19/h2-8,17-18,26H,9-15H2,1H3/t17-,18+,22-. The summed E-state index contributed by atoms with van der Waals surface area (Å²) in [5, 5.41) is 9.25. The molecule has 2 heterocycles. The summed E-state index contributed by atoms with van der Waals surface area (Å²) in [5.41, 5.74) is 2.00. The van der Waals surface area contributed by atoms with Gasteiger partial charge < -0.3 is 14.7 Å². The van der Waals surface area contributed by atoms with Crippen LogP contribution in [-0.4, -0.2) is 47.3 Å². The number of halogens is 1. The van der Waals surface area contributed by atoms with E-state index in [9.17, 15) is 9.50 Å². The van der Waals surface area contributed by atoms with Gasteiger partial charge in [0.15, 0.2) is 5.75 Å². The number of methoxy groups -OCH3 is 1. The molecule has 1 aromatic carbocycles. The first kappa shape index (κ1) is 18.4. The Morgan fingerprint density at radius 3 is 2.48 bits per heavy atom. The van der Waals surface area contributed by atoms with Crippen LogP contribution in [0.1, 0.15) is 24.1 Å². The van der Waals surface area contributed by atoms with Gasteiger partial charge in [0.25, 0.3) is 5.95 Å². The molecule has 2 aliphatic rings. The maximum absolute atomic E-state index is 13.4. The molecular formula is C22H27FN2O2. The maximum Gasteiger partial charge on any atom is 0.255 e. The molecule has 0 amide bonds. The first-order valence-electron chi connectivity index (χ1n) is 9.73. The molecule has 1 saturated heterocycles. The normalized spacial score (nSPS) is 27.8. The third-order valence-corrected chi connectivity index (χ3v) is 6.29. The largest absolute Gasteiger partial charge is 0.504 e. The average Bonchev–Trinajstić information content (AvgIpc) is 3.19. The SMILES string of the molecule is CO[C@@]1(Cc2ccccc2)C[C@H]2CN(CCc3ccc(O)c(F)n3)C[C@H]2C1. The molecule has 2 fully saturated rings. The Hall–Kier alpha value is -1.98. The summed E-state index contributed by atoms with van der Waals surface area (Å²) >= 11 is 0. The quantitative estimate of drug-likeness (QED) is 0.792. The summed E-state index contributed by atoms with van der Waals surface area (Å²) in [6.45, 7) is 3.03. The Morgan fingerprint density at radius 2 is 1.85 bits per heavy atom. The minimum absolute atomic E-state index is 0.0373. The number of hydrogen-bond donors (Lipinski definition) is 1. The number of fused-ring (bicyclic) bond motifs is 1. The molecule has 2 aromatic rings. The summed E-state index contributed by atoms with van der Waals surface area (Å²) in [6, 6.07) is 13.7. The molecule has 0 bridgehead atoms. The predicted molar refractivity (Wildman–Crippen MR) is 102 cm³/mol. The monoisotopic (exact) mass is 370 g/mol. The highest BCUT2D eigenvalue weighted by Crippen LogP contribution is 2.47. The number of rotatable bonds is 6. The molecule has 27 heavy (non-hydrogen) atoms. The van der Waals surface area contributed by atoms with Crippen molar-refractivity contribution in [3.63, 3.8) is 0 Å². The van der Waals surface area contributed by atoms with Crippen LogP contribution in [0.15, 0.2) is 42.5 Å². The summed E-state index contributed by atoms with van der Waals surface area (Å²) in [4.78, 5) is 6.29. The van der Waals surface area contributed by atoms with Gasteiger partial charge in [-0.3, -0.25) is 0 Å². The highest BCUT2D eigenvalue weighted by molar-refractivity contribution is 5.21. The smallest absolute Gasteiger partial charge is 0.255 e. The van der Waals surface area contributed by atoms with Crippen LogP contribution in [-0.2, 0) is 17.6 Å². The van der Waals surface area contributed by atoms with Gasteiger partial charge in [0.2, 0.25) is 0 Å². The van der Waals surface area contributed by atoms with Gasteiger partial charge >= 0.3 is 0 Å². The molecule has 4 rings (SSSR count). The zero-order chi connectivity index (χ0) is 18.9. The van der Waals surface area contributed by atoms with Crippen LogP contribution in [0.2, 0.25) is 0 Å². The fourth-order valence-electron chi connectivity index (χ4n) is 4.95. The van der Waals surface area contributed by atoms with E-state index in [0.717, 1.165) is 38.9 Å². The lowest BCUT2D eigenvalue weighted by Crippen LogP contribution is -2.34. The molecule has 1 saturated carbocycles. The molecule has 1 aliphatic heterocycles. The first-order chi connectivity index (χ1) is 13.1. The Balaban J connectivity index is 1.32. The van der Waals surface area contributed by atoms with E-state index in [4.69, 9.17) is 4.74 Å². The van der Waals surface area contributed by atoms with Crippen LogP contribution in [0.5, 0.6) is 5.75 Å². The lowest BCUT2D eigenvalue weighted by atomic mass is 9.91. The fraction of sp³-hybridized carbons (Fsp3) is 0.500. The van der Waals surface area contributed by atoms with Gasteiger partial charge in [-0.25, -0.2) is 4.98 Å². The van der Waals surface area contributed by atoms with Crippen molar-refractivity contribution < 1.29 is 14.2 Å². The van der Waals surface area contributed by atoms with Crippen molar-refractivity contribution in [3.05, 3.63) is 59.7 Å². The van der Waals surface area contributed by atoms with Gasteiger partial charge in [-0.1, -0.05) is 30.3 Å². The van der Waals surface area contributed by atoms with Crippen molar-refractivity contribution in [1.29, 1.82) is 0 Å². The lowest BCUT2D eigenvalue weighted by Gasteiger charge is -2.30. The van der Waals surface area contributed by atoms with E-state index in [2.05, 4.69) is 40.2 Å². The first-order valence-corrected chi connectivity index (χ1v) is 9.73. The molecule has 0 spiro atoms. The van der Waals surface area contributed by atoms with Crippen molar-refractivity contribution in [2.75, 3.05) is 26.7 Å². The molecule has 0 unspecified atom stereocenters. The molecule has 144 valence electrons. The van der Waals surface area contributed by atoms with Crippen molar-refractivity contribution in [3.8, 4) is 5.75 Å². The summed E-state index contributed by atoms with van der Waals surface area (Å²) in [7, 11) is 1.85. The second kappa shape index (κ2) is 7.56. The molecule has 0 radical (unpaired) electrons. The summed E-state index contributed by atoms with van der Waals surface area (Å²) in [5.74, 6) is 0.164. The highest BCUT2D eigenvalue weighted by Gasteiger charge is 2.49. The van der Waals surface area contributed by atoms with Gasteiger partial charge in [0.05, 0.1) is 5.60 Å². The molecule has 1 aliphatic carbocycles. The van der Waals surface area contributed by atoms with E-state index in [1.807, 2.05) is 7.11 Å². The van der Waals surface area contributed by atoms with Gasteiger partial charge in [0, 0.05) is 45.3 Å². The molecular weight excluding hydrogens is 343 g/mol. The van der Waals surface area contributed by atoms with E-state index >= 15 is 0 Å². The Morgan fingerprint density at radius 1 is 1.15 bits per heavy atom. The molecule has 1 N–H and O–H groups in total. The van der Waals surface area contributed by atoms with Gasteiger partial charge in [-0.15, -0.1) is 0 Å². The van der Waals surface area contributed by atoms with Crippen LogP contribution >= 0.6 is 0 Å². The van der Waals surface area contributed by atoms with Crippen LogP contribution in [0.4, 0.5) is 4.39 Å². The summed E-state index contributed by atoms with van der Waals surface area (Å²) in [6.07, 6.45) is 3.89. The predicted octanol–water partition coefficient (Wildman–Crippen LogP) is 3.44. The molecule has 4 nitrogen and oxygen atoms in total. The number of aromatic hydroxyl groups is 1. The van der Waals surface area contributed by atoms with Gasteiger partial charge in [-0.05, 0) is 42.4 Å². The minimum Gasteiger partial charge on any atom is -0.504 e. The van der Waals surface area contributed by atoms with Gasteiger partial charge in [0.1, 0.15) is 0 Å². The zero-order valence-corrected chi connectivity index (χ0v) is 15.8. The third kappa shape index (κ3) is 3.99. The second-order valence-corrected chi connectivity index (χ2v) is 8.10. The van der Waals surface area contributed by atoms with Crippen LogP contribution in [0.3, 0.4) is 0 Å². The van der Waals surface area contributed by atoms with E-state index in [1.165, 1.54) is 11.6 Å². The Bertz CT molecular complexity index is 769. The van der Waals surface area contributed by atoms with Crippen molar-refractivity contribution in [2.24, 2.45) is 11.8 Å². The van der Waals surface area contributed by atoms with Crippen LogP contribution in [0, 0.1) is 17.8 Å². The number of pyridine rings is 1. The van der Waals surface area contributed by atoms with E-state index < -0.39 is 5.95 Å². The lowest BCUT2D eigenvalue weighted by molar-refractivity contribution is -0.0130. The number of hydrogen-bond acceptors (Lipinski definition) is 4. The van der Waals surface area contributed by atoms with Crippen LogP contribution < -0.4 is 0 Å². The van der Waals surface area contributed by atoms with E-state index in [0.29, 0.717) is 24.0 Å². The number of ether oxygens (including phenoxy) is 1. The third-order valence-electron chi connectivity index (χ3n) is 6.29. The van der Waals surface area contributed by atoms with E-state index in [-0.39, 0.29) is 11.4 Å². The number of nitrogens with zero attached hydrogens (tertiary/aromatic N) is 2. The molecule has 1 aromatic heterocycles. The second-order valence-electron chi connectivity index (χ2n) is 8.10. The Kier molecular flexibility index (Phi) is 5.15. The molecule has 5 heteroatoms. The maximum atomic E-state index is 13.4. The Labute approximate surface area is 160 Å². The average molecular weight is 370 g/mol.